The third kappa shape index (κ3) is 4.15. The van der Waals surface area contributed by atoms with E-state index in [0.29, 0.717) is 32.5 Å². The maximum absolute atomic E-state index is 13.1. The topological polar surface area (TPSA) is 110 Å². The number of aromatic nitrogens is 4. The van der Waals surface area contributed by atoms with Crippen molar-refractivity contribution in [2.24, 2.45) is 17.6 Å². The van der Waals surface area contributed by atoms with Crippen molar-refractivity contribution in [2.45, 2.75) is 39.5 Å². The quantitative estimate of drug-likeness (QED) is 0.810. The van der Waals surface area contributed by atoms with Crippen LogP contribution in [-0.2, 0) is 9.59 Å². The molecule has 9 heteroatoms. The monoisotopic (exact) mass is 411 g/mol. The maximum Gasteiger partial charge on any atom is 0.227 e. The zero-order chi connectivity index (χ0) is 21.3. The molecular weight excluding hydrogens is 382 g/mol. The molecule has 2 amide bonds. The number of hydrogen-bond donors (Lipinski definition) is 1. The second-order valence-corrected chi connectivity index (χ2v) is 8.36. The van der Waals surface area contributed by atoms with Gasteiger partial charge in [-0.05, 0) is 45.6 Å². The summed E-state index contributed by atoms with van der Waals surface area (Å²) in [5.41, 5.74) is 7.37. The highest BCUT2D eigenvalue weighted by Gasteiger charge is 2.33. The van der Waals surface area contributed by atoms with Gasteiger partial charge in [0.1, 0.15) is 12.1 Å². The van der Waals surface area contributed by atoms with E-state index in [1.165, 1.54) is 0 Å². The van der Waals surface area contributed by atoms with E-state index in [9.17, 15) is 9.59 Å². The molecule has 2 fully saturated rings. The van der Waals surface area contributed by atoms with Crippen molar-refractivity contribution in [3.8, 4) is 5.82 Å². The summed E-state index contributed by atoms with van der Waals surface area (Å²) >= 11 is 0. The number of anilines is 1. The Balaban J connectivity index is 1.44. The molecule has 2 saturated heterocycles. The normalized spacial score (nSPS) is 20.4. The third-order valence-electron chi connectivity index (χ3n) is 6.17. The van der Waals surface area contributed by atoms with Crippen LogP contribution >= 0.6 is 0 Å². The summed E-state index contributed by atoms with van der Waals surface area (Å²) in [5, 5.41) is 4.50. The average molecular weight is 412 g/mol. The molecule has 0 aliphatic carbocycles. The first kappa shape index (κ1) is 20.3. The van der Waals surface area contributed by atoms with Crippen LogP contribution < -0.4 is 10.6 Å². The predicted octanol–water partition coefficient (Wildman–Crippen LogP) is 1.22. The number of nitrogens with zero attached hydrogens (tertiary/aromatic N) is 6. The van der Waals surface area contributed by atoms with E-state index < -0.39 is 0 Å². The van der Waals surface area contributed by atoms with Crippen molar-refractivity contribution in [1.29, 1.82) is 0 Å². The predicted molar refractivity (Wildman–Crippen MR) is 112 cm³/mol. The Morgan fingerprint density at radius 1 is 1.00 bits per heavy atom. The van der Waals surface area contributed by atoms with Crippen molar-refractivity contribution >= 4 is 17.6 Å². The standard InChI is InChI=1S/C21H29N7O2/c1-14-10-15(2)28(25-14)19-11-18(23-13-24-19)27-7-3-4-17(12-27)21(30)26-8-5-16(6-9-26)20(22)29/h10-11,13,16-17H,3-9,12H2,1-2H3,(H2,22,29). The number of hydrogen-bond acceptors (Lipinski definition) is 6. The molecular formula is C21H29N7O2. The van der Waals surface area contributed by atoms with E-state index in [4.69, 9.17) is 5.73 Å². The second kappa shape index (κ2) is 8.41. The van der Waals surface area contributed by atoms with E-state index in [1.54, 1.807) is 6.33 Å². The van der Waals surface area contributed by atoms with Gasteiger partial charge in [0, 0.05) is 43.9 Å². The third-order valence-corrected chi connectivity index (χ3v) is 6.17. The van der Waals surface area contributed by atoms with E-state index in [-0.39, 0.29) is 23.7 Å². The summed E-state index contributed by atoms with van der Waals surface area (Å²) in [5.74, 6) is 1.30. The van der Waals surface area contributed by atoms with Crippen LogP contribution in [0.5, 0.6) is 0 Å². The summed E-state index contributed by atoms with van der Waals surface area (Å²) in [6.45, 7) is 6.68. The van der Waals surface area contributed by atoms with Gasteiger partial charge in [0.15, 0.2) is 5.82 Å². The molecule has 0 aromatic carbocycles. The lowest BCUT2D eigenvalue weighted by Crippen LogP contribution is -2.48. The van der Waals surface area contributed by atoms with Crippen LogP contribution in [0, 0.1) is 25.7 Å². The summed E-state index contributed by atoms with van der Waals surface area (Å²) in [6.07, 6.45) is 4.69. The van der Waals surface area contributed by atoms with Gasteiger partial charge in [-0.2, -0.15) is 5.10 Å². The van der Waals surface area contributed by atoms with Gasteiger partial charge in [0.25, 0.3) is 0 Å². The molecule has 160 valence electrons. The van der Waals surface area contributed by atoms with Crippen molar-refractivity contribution in [3.63, 3.8) is 0 Å². The minimum absolute atomic E-state index is 0.0593. The fraction of sp³-hybridized carbons (Fsp3) is 0.571. The van der Waals surface area contributed by atoms with Crippen LogP contribution in [0.3, 0.4) is 0 Å². The number of primary amides is 1. The van der Waals surface area contributed by atoms with Crippen LogP contribution in [0.25, 0.3) is 5.82 Å². The Bertz CT molecular complexity index is 933. The number of aryl methyl sites for hydroxylation is 2. The van der Waals surface area contributed by atoms with Crippen molar-refractivity contribution in [2.75, 3.05) is 31.1 Å². The summed E-state index contributed by atoms with van der Waals surface area (Å²) in [4.78, 5) is 37.4. The number of nitrogens with two attached hydrogens (primary N) is 1. The van der Waals surface area contributed by atoms with Crippen molar-refractivity contribution in [3.05, 3.63) is 29.8 Å². The molecule has 0 saturated carbocycles. The van der Waals surface area contributed by atoms with Crippen LogP contribution in [0.2, 0.25) is 0 Å². The van der Waals surface area contributed by atoms with Crippen LogP contribution in [-0.4, -0.2) is 62.6 Å². The number of carbonyl (C=O) groups is 2. The second-order valence-electron chi connectivity index (χ2n) is 8.36. The Hall–Kier alpha value is -2.97. The van der Waals surface area contributed by atoms with Crippen LogP contribution in [0.15, 0.2) is 18.5 Å². The molecule has 0 spiro atoms. The lowest BCUT2D eigenvalue weighted by atomic mass is 9.92. The highest BCUT2D eigenvalue weighted by molar-refractivity contribution is 5.81. The average Bonchev–Trinajstić information content (AvgIpc) is 3.11. The summed E-state index contributed by atoms with van der Waals surface area (Å²) < 4.78 is 1.82. The number of piperidine rings is 2. The zero-order valence-corrected chi connectivity index (χ0v) is 17.6. The molecule has 1 atom stereocenters. The zero-order valence-electron chi connectivity index (χ0n) is 17.6. The molecule has 2 aliphatic heterocycles. The van der Waals surface area contributed by atoms with Crippen molar-refractivity contribution < 1.29 is 9.59 Å². The highest BCUT2D eigenvalue weighted by atomic mass is 16.2. The first-order valence-corrected chi connectivity index (χ1v) is 10.6. The number of likely N-dealkylation sites (tertiary alicyclic amines) is 1. The van der Waals surface area contributed by atoms with Gasteiger partial charge >= 0.3 is 0 Å². The molecule has 4 rings (SSSR count). The Kier molecular flexibility index (Phi) is 5.69. The lowest BCUT2D eigenvalue weighted by molar-refractivity contribution is -0.138. The van der Waals surface area contributed by atoms with Gasteiger partial charge in [0.05, 0.1) is 11.6 Å². The Morgan fingerprint density at radius 2 is 1.73 bits per heavy atom. The van der Waals surface area contributed by atoms with Gasteiger partial charge < -0.3 is 15.5 Å². The summed E-state index contributed by atoms with van der Waals surface area (Å²) in [6, 6.07) is 3.95. The molecule has 2 N–H and O–H groups in total. The minimum Gasteiger partial charge on any atom is -0.369 e. The van der Waals surface area contributed by atoms with E-state index >= 15 is 0 Å². The van der Waals surface area contributed by atoms with Gasteiger partial charge in [-0.3, -0.25) is 9.59 Å². The number of rotatable bonds is 4. The van der Waals surface area contributed by atoms with Gasteiger partial charge in [0.2, 0.25) is 11.8 Å². The van der Waals surface area contributed by atoms with Crippen molar-refractivity contribution in [1.82, 2.24) is 24.6 Å². The minimum atomic E-state index is -0.256. The smallest absolute Gasteiger partial charge is 0.227 e. The molecule has 2 aliphatic rings. The molecule has 0 bridgehead atoms. The molecule has 2 aromatic heterocycles. The Morgan fingerprint density at radius 3 is 2.40 bits per heavy atom. The SMILES string of the molecule is Cc1cc(C)n(-c2cc(N3CCCC(C(=O)N4CCC(C(N)=O)CC4)C3)ncn2)n1. The number of carbonyl (C=O) groups excluding carboxylic acids is 2. The van der Waals surface area contributed by atoms with E-state index in [1.807, 2.05) is 35.6 Å². The molecule has 4 heterocycles. The van der Waals surface area contributed by atoms with E-state index in [2.05, 4.69) is 20.0 Å². The molecule has 9 nitrogen and oxygen atoms in total. The number of amides is 2. The molecule has 2 aromatic rings. The van der Waals surface area contributed by atoms with Crippen LogP contribution in [0.4, 0.5) is 5.82 Å². The van der Waals surface area contributed by atoms with Gasteiger partial charge in [-0.1, -0.05) is 0 Å². The maximum atomic E-state index is 13.1. The fourth-order valence-electron chi connectivity index (χ4n) is 4.52. The molecule has 0 radical (unpaired) electrons. The first-order valence-electron chi connectivity index (χ1n) is 10.6. The lowest BCUT2D eigenvalue weighted by Gasteiger charge is -2.37. The van der Waals surface area contributed by atoms with E-state index in [0.717, 1.165) is 42.4 Å². The fourth-order valence-corrected chi connectivity index (χ4v) is 4.52. The van der Waals surface area contributed by atoms with Crippen LogP contribution in [0.1, 0.15) is 37.1 Å². The highest BCUT2D eigenvalue weighted by Crippen LogP contribution is 2.26. The largest absolute Gasteiger partial charge is 0.369 e. The molecule has 1 unspecified atom stereocenters. The summed E-state index contributed by atoms with van der Waals surface area (Å²) in [7, 11) is 0. The van der Waals surface area contributed by atoms with Gasteiger partial charge in [-0.15, -0.1) is 0 Å². The Labute approximate surface area is 176 Å². The first-order chi connectivity index (χ1) is 14.4. The molecule has 30 heavy (non-hydrogen) atoms. The van der Waals surface area contributed by atoms with Gasteiger partial charge in [-0.25, -0.2) is 14.6 Å².